The van der Waals surface area contributed by atoms with Crippen molar-refractivity contribution in [3.05, 3.63) is 223 Å². The average Bonchev–Trinajstić information content (AvgIpc) is 3.83. The van der Waals surface area contributed by atoms with Crippen LogP contribution in [-0.2, 0) is 6.18 Å². The zero-order valence-corrected chi connectivity index (χ0v) is 34.0. The standard InChI is InChI=1S/C57H36F3N3/c1-36-32-42(57(58,59)60)27-28-43(36)41-26-31-54(62-50-21-11-9-18-44(50)46-33-39(24-29-52(46)62)37-14-5-3-6-15-37)48(35-41)56-49(61-2)20-13-23-55(56)63-51-22-12-10-19-45(51)47-34-40(25-30-53(47)63)38-16-7-4-8-17-38/h3-35H,1H3. The van der Waals surface area contributed by atoms with Gasteiger partial charge in [-0.05, 0) is 118 Å². The molecule has 9 aromatic carbocycles. The lowest BCUT2D eigenvalue weighted by atomic mass is 9.92. The van der Waals surface area contributed by atoms with Crippen LogP contribution < -0.4 is 0 Å². The van der Waals surface area contributed by atoms with Crippen molar-refractivity contribution in [2.75, 3.05) is 0 Å². The third-order valence-electron chi connectivity index (χ3n) is 12.3. The van der Waals surface area contributed by atoms with Gasteiger partial charge in [0.1, 0.15) is 0 Å². The molecule has 0 fully saturated rings. The number of nitrogens with zero attached hydrogens (tertiary/aromatic N) is 3. The van der Waals surface area contributed by atoms with Crippen LogP contribution in [0.1, 0.15) is 11.1 Å². The van der Waals surface area contributed by atoms with Gasteiger partial charge in [-0.15, -0.1) is 0 Å². The molecular formula is C57H36F3N3. The van der Waals surface area contributed by atoms with Crippen molar-refractivity contribution >= 4 is 49.3 Å². The largest absolute Gasteiger partial charge is 0.416 e. The summed E-state index contributed by atoms with van der Waals surface area (Å²) in [6.07, 6.45) is -4.47. The van der Waals surface area contributed by atoms with Gasteiger partial charge in [-0.3, -0.25) is 0 Å². The SMILES string of the molecule is [C-]#[N+]c1cccc(-n2c3ccccc3c3cc(-c4ccccc4)ccc32)c1-c1cc(-c2ccc(C(F)(F)F)cc2C)ccc1-n1c2ccccc2c2cc(-c3ccccc3)ccc21. The fraction of sp³-hybridized carbons (Fsp3) is 0.0351. The van der Waals surface area contributed by atoms with E-state index in [9.17, 15) is 13.2 Å². The van der Waals surface area contributed by atoms with Gasteiger partial charge in [0.2, 0.25) is 0 Å². The Bertz CT molecular complexity index is 3630. The third-order valence-corrected chi connectivity index (χ3v) is 12.3. The number of aromatic nitrogens is 2. The molecule has 11 aromatic rings. The van der Waals surface area contributed by atoms with E-state index in [2.05, 4.69) is 129 Å². The van der Waals surface area contributed by atoms with Gasteiger partial charge < -0.3 is 9.13 Å². The van der Waals surface area contributed by atoms with Crippen LogP contribution in [0.2, 0.25) is 0 Å². The van der Waals surface area contributed by atoms with E-state index in [-0.39, 0.29) is 0 Å². The van der Waals surface area contributed by atoms with Crippen LogP contribution >= 0.6 is 0 Å². The van der Waals surface area contributed by atoms with Crippen LogP contribution in [0.5, 0.6) is 0 Å². The molecule has 0 aliphatic heterocycles. The highest BCUT2D eigenvalue weighted by molar-refractivity contribution is 6.13. The molecule has 0 aliphatic carbocycles. The highest BCUT2D eigenvalue weighted by Crippen LogP contribution is 2.47. The lowest BCUT2D eigenvalue weighted by Crippen LogP contribution is -2.05. The fourth-order valence-corrected chi connectivity index (χ4v) is 9.43. The highest BCUT2D eigenvalue weighted by Gasteiger charge is 2.31. The minimum absolute atomic E-state index is 0.453. The molecule has 0 atom stereocenters. The molecule has 300 valence electrons. The van der Waals surface area contributed by atoms with Gasteiger partial charge in [-0.25, -0.2) is 4.85 Å². The molecule has 0 amide bonds. The van der Waals surface area contributed by atoms with Crippen molar-refractivity contribution in [1.29, 1.82) is 0 Å². The summed E-state index contributed by atoms with van der Waals surface area (Å²) in [5, 5.41) is 4.32. The van der Waals surface area contributed by atoms with Gasteiger partial charge in [-0.1, -0.05) is 133 Å². The lowest BCUT2D eigenvalue weighted by molar-refractivity contribution is -0.137. The van der Waals surface area contributed by atoms with Crippen LogP contribution in [0.15, 0.2) is 200 Å². The topological polar surface area (TPSA) is 14.2 Å². The Morgan fingerprint density at radius 3 is 1.49 bits per heavy atom. The summed E-state index contributed by atoms with van der Waals surface area (Å²) in [7, 11) is 0. The summed E-state index contributed by atoms with van der Waals surface area (Å²) in [6.45, 7) is 10.4. The summed E-state index contributed by atoms with van der Waals surface area (Å²) in [5.74, 6) is 0. The molecule has 2 heterocycles. The summed E-state index contributed by atoms with van der Waals surface area (Å²) < 4.78 is 46.3. The Morgan fingerprint density at radius 1 is 0.413 bits per heavy atom. The summed E-state index contributed by atoms with van der Waals surface area (Å²) in [6, 6.07) is 66.3. The van der Waals surface area contributed by atoms with Gasteiger partial charge in [0, 0.05) is 32.8 Å². The predicted octanol–water partition coefficient (Wildman–Crippen LogP) is 16.4. The monoisotopic (exact) mass is 819 g/mol. The van der Waals surface area contributed by atoms with E-state index in [0.717, 1.165) is 100.0 Å². The van der Waals surface area contributed by atoms with E-state index in [0.29, 0.717) is 16.8 Å². The van der Waals surface area contributed by atoms with E-state index in [1.54, 1.807) is 13.0 Å². The molecule has 0 aliphatic rings. The molecule has 63 heavy (non-hydrogen) atoms. The first-order valence-electron chi connectivity index (χ1n) is 20.8. The third kappa shape index (κ3) is 6.28. The van der Waals surface area contributed by atoms with Crippen molar-refractivity contribution in [3.63, 3.8) is 0 Å². The van der Waals surface area contributed by atoms with Crippen molar-refractivity contribution < 1.29 is 13.2 Å². The number of hydrogen-bond acceptors (Lipinski definition) is 0. The molecule has 0 unspecified atom stereocenters. The maximum absolute atomic E-state index is 13.9. The fourth-order valence-electron chi connectivity index (χ4n) is 9.43. The van der Waals surface area contributed by atoms with E-state index in [1.165, 1.54) is 6.07 Å². The van der Waals surface area contributed by atoms with Gasteiger partial charge >= 0.3 is 6.18 Å². The normalized spacial score (nSPS) is 11.8. The molecular weight excluding hydrogens is 784 g/mol. The number of fused-ring (bicyclic) bond motifs is 6. The second kappa shape index (κ2) is 14.8. The van der Waals surface area contributed by atoms with E-state index in [1.807, 2.05) is 66.7 Å². The van der Waals surface area contributed by atoms with Crippen LogP contribution in [0.4, 0.5) is 18.9 Å². The van der Waals surface area contributed by atoms with Crippen molar-refractivity contribution in [2.24, 2.45) is 0 Å². The Morgan fingerprint density at radius 2 is 0.937 bits per heavy atom. The van der Waals surface area contributed by atoms with Crippen molar-refractivity contribution in [1.82, 2.24) is 9.13 Å². The van der Waals surface area contributed by atoms with E-state index >= 15 is 0 Å². The van der Waals surface area contributed by atoms with Crippen LogP contribution in [-0.4, -0.2) is 9.13 Å². The second-order valence-corrected chi connectivity index (χ2v) is 15.9. The Labute approximate surface area is 362 Å². The molecule has 0 spiro atoms. The maximum Gasteiger partial charge on any atom is 0.416 e. The molecule has 0 saturated carbocycles. The molecule has 2 aromatic heterocycles. The zero-order valence-electron chi connectivity index (χ0n) is 34.0. The number of benzene rings is 9. The molecule has 0 radical (unpaired) electrons. The first-order valence-corrected chi connectivity index (χ1v) is 20.8. The first-order chi connectivity index (χ1) is 30.8. The number of halogens is 3. The molecule has 6 heteroatoms. The van der Waals surface area contributed by atoms with Crippen LogP contribution in [0.3, 0.4) is 0 Å². The molecule has 3 nitrogen and oxygen atoms in total. The quantitative estimate of drug-likeness (QED) is 0.148. The Balaban J connectivity index is 1.22. The van der Waals surface area contributed by atoms with Gasteiger partial charge in [0.15, 0.2) is 5.69 Å². The highest BCUT2D eigenvalue weighted by atomic mass is 19.4. The van der Waals surface area contributed by atoms with Crippen molar-refractivity contribution in [3.8, 4) is 55.9 Å². The predicted molar refractivity (Wildman–Crippen MR) is 253 cm³/mol. The van der Waals surface area contributed by atoms with E-state index < -0.39 is 11.7 Å². The van der Waals surface area contributed by atoms with Gasteiger partial charge in [0.25, 0.3) is 0 Å². The summed E-state index contributed by atoms with van der Waals surface area (Å²) >= 11 is 0. The maximum atomic E-state index is 13.9. The van der Waals surface area contributed by atoms with Gasteiger partial charge in [0.05, 0.1) is 39.9 Å². The van der Waals surface area contributed by atoms with E-state index in [4.69, 9.17) is 6.57 Å². The van der Waals surface area contributed by atoms with Crippen LogP contribution in [0.25, 0.3) is 104 Å². The Kier molecular flexibility index (Phi) is 8.88. The number of para-hydroxylation sites is 2. The number of aryl methyl sites for hydroxylation is 1. The number of alkyl halides is 3. The molecule has 0 bridgehead atoms. The Hall–Kier alpha value is -8.14. The minimum atomic E-state index is -4.47. The van der Waals surface area contributed by atoms with Crippen LogP contribution in [0, 0.1) is 13.5 Å². The molecule has 0 saturated heterocycles. The molecule has 0 N–H and O–H groups in total. The smallest absolute Gasteiger partial charge is 0.310 e. The summed E-state index contributed by atoms with van der Waals surface area (Å²) in [5.41, 5.74) is 13.2. The van der Waals surface area contributed by atoms with Crippen molar-refractivity contribution in [2.45, 2.75) is 13.1 Å². The zero-order chi connectivity index (χ0) is 42.8. The first kappa shape index (κ1) is 37.8. The minimum Gasteiger partial charge on any atom is -0.310 e. The number of hydrogen-bond donors (Lipinski definition) is 0. The average molecular weight is 820 g/mol. The van der Waals surface area contributed by atoms with Gasteiger partial charge in [-0.2, -0.15) is 13.2 Å². The second-order valence-electron chi connectivity index (χ2n) is 15.9. The summed E-state index contributed by atoms with van der Waals surface area (Å²) in [4.78, 5) is 4.18. The molecule has 11 rings (SSSR count). The lowest BCUT2D eigenvalue weighted by Gasteiger charge is -2.21. The number of rotatable bonds is 6.